The molecule has 0 aliphatic carbocycles. The summed E-state index contributed by atoms with van der Waals surface area (Å²) in [6.45, 7) is 6.24. The number of aromatic nitrogens is 2. The molecule has 0 unspecified atom stereocenters. The molecule has 114 valence electrons. The predicted octanol–water partition coefficient (Wildman–Crippen LogP) is 5.92. The number of nitrogens with zero attached hydrogens (tertiary/aromatic N) is 2. The van der Waals surface area contributed by atoms with E-state index in [0.29, 0.717) is 10.0 Å². The Labute approximate surface area is 143 Å². The number of nitrogens with one attached hydrogen (secondary N) is 1. The van der Waals surface area contributed by atoms with Crippen molar-refractivity contribution < 1.29 is 0 Å². The Morgan fingerprint density at radius 1 is 1.18 bits per heavy atom. The smallest absolute Gasteiger partial charge is 0.143 e. The summed E-state index contributed by atoms with van der Waals surface area (Å²) in [5.41, 5.74) is 1.95. The third-order valence-electron chi connectivity index (χ3n) is 3.60. The average molecular weight is 352 g/mol. The summed E-state index contributed by atoms with van der Waals surface area (Å²) >= 11 is 14.1. The highest BCUT2D eigenvalue weighted by Crippen LogP contribution is 2.37. The van der Waals surface area contributed by atoms with E-state index in [9.17, 15) is 0 Å². The zero-order chi connectivity index (χ0) is 15.9. The summed E-state index contributed by atoms with van der Waals surface area (Å²) in [5, 5.41) is 5.39. The minimum atomic E-state index is 0.499. The largest absolute Gasteiger partial charge is 0.338 e. The highest BCUT2D eigenvalue weighted by atomic mass is 35.5. The Morgan fingerprint density at radius 3 is 2.68 bits per heavy atom. The SMILES string of the molecule is CCc1nc(Nc2cccc(Cl)c2Cl)c2c(C)c(C)sc2n1. The van der Waals surface area contributed by atoms with E-state index in [-0.39, 0.29) is 0 Å². The van der Waals surface area contributed by atoms with Gasteiger partial charge in [0, 0.05) is 11.3 Å². The number of rotatable bonds is 3. The molecule has 3 rings (SSSR count). The highest BCUT2D eigenvalue weighted by Gasteiger charge is 2.15. The van der Waals surface area contributed by atoms with Gasteiger partial charge in [-0.1, -0.05) is 36.2 Å². The number of hydrogen-bond acceptors (Lipinski definition) is 4. The lowest BCUT2D eigenvalue weighted by Crippen LogP contribution is -2.01. The van der Waals surface area contributed by atoms with Crippen LogP contribution in [0.1, 0.15) is 23.2 Å². The fraction of sp³-hybridized carbons (Fsp3) is 0.250. The number of benzene rings is 1. The molecule has 0 aliphatic rings. The summed E-state index contributed by atoms with van der Waals surface area (Å²) < 4.78 is 0. The van der Waals surface area contributed by atoms with Crippen molar-refractivity contribution in [2.45, 2.75) is 27.2 Å². The van der Waals surface area contributed by atoms with E-state index >= 15 is 0 Å². The minimum Gasteiger partial charge on any atom is -0.338 e. The van der Waals surface area contributed by atoms with Crippen LogP contribution in [0.15, 0.2) is 18.2 Å². The number of halogens is 2. The molecule has 0 fully saturated rings. The molecule has 0 bridgehead atoms. The maximum atomic E-state index is 6.28. The second-order valence-corrected chi connectivity index (χ2v) is 7.02. The van der Waals surface area contributed by atoms with E-state index < -0.39 is 0 Å². The molecule has 3 aromatic rings. The highest BCUT2D eigenvalue weighted by molar-refractivity contribution is 7.18. The monoisotopic (exact) mass is 351 g/mol. The quantitative estimate of drug-likeness (QED) is 0.636. The number of hydrogen-bond donors (Lipinski definition) is 1. The van der Waals surface area contributed by atoms with Crippen molar-refractivity contribution >= 4 is 56.3 Å². The van der Waals surface area contributed by atoms with Crippen LogP contribution in [0.4, 0.5) is 11.5 Å². The van der Waals surface area contributed by atoms with Gasteiger partial charge in [0.1, 0.15) is 16.5 Å². The van der Waals surface area contributed by atoms with E-state index in [2.05, 4.69) is 29.1 Å². The van der Waals surface area contributed by atoms with Crippen LogP contribution in [0, 0.1) is 13.8 Å². The lowest BCUT2D eigenvalue weighted by atomic mass is 10.2. The first kappa shape index (κ1) is 15.5. The van der Waals surface area contributed by atoms with E-state index in [0.717, 1.165) is 34.0 Å². The van der Waals surface area contributed by atoms with Gasteiger partial charge in [0.05, 0.1) is 21.1 Å². The van der Waals surface area contributed by atoms with Gasteiger partial charge in [-0.3, -0.25) is 0 Å². The summed E-state index contributed by atoms with van der Waals surface area (Å²) in [6.07, 6.45) is 0.782. The van der Waals surface area contributed by atoms with Gasteiger partial charge in [-0.15, -0.1) is 11.3 Å². The first-order valence-corrected chi connectivity index (χ1v) is 8.56. The Balaban J connectivity index is 2.18. The lowest BCUT2D eigenvalue weighted by Gasteiger charge is -2.11. The molecule has 0 spiro atoms. The number of thiophene rings is 1. The lowest BCUT2D eigenvalue weighted by molar-refractivity contribution is 0.967. The van der Waals surface area contributed by atoms with Crippen molar-refractivity contribution in [2.75, 3.05) is 5.32 Å². The van der Waals surface area contributed by atoms with Crippen LogP contribution in [0.3, 0.4) is 0 Å². The van der Waals surface area contributed by atoms with Gasteiger partial charge in [0.15, 0.2) is 0 Å². The van der Waals surface area contributed by atoms with Crippen LogP contribution in [0.2, 0.25) is 10.0 Å². The standard InChI is InChI=1S/C16H15Cl2N3S/c1-4-12-20-15(13-8(2)9(3)22-16(13)21-12)19-11-7-5-6-10(17)14(11)18/h5-7H,4H2,1-3H3,(H,19,20,21). The maximum absolute atomic E-state index is 6.28. The van der Waals surface area contributed by atoms with Gasteiger partial charge in [-0.2, -0.15) is 0 Å². The van der Waals surface area contributed by atoms with Gasteiger partial charge in [-0.25, -0.2) is 9.97 Å². The Bertz CT molecular complexity index is 858. The Kier molecular flexibility index (Phi) is 4.26. The number of anilines is 2. The van der Waals surface area contributed by atoms with Crippen molar-refractivity contribution in [3.63, 3.8) is 0 Å². The van der Waals surface area contributed by atoms with Crippen LogP contribution in [0.25, 0.3) is 10.2 Å². The molecule has 0 aliphatic heterocycles. The molecule has 2 heterocycles. The fourth-order valence-corrected chi connectivity index (χ4v) is 3.67. The van der Waals surface area contributed by atoms with E-state index in [1.165, 1.54) is 10.4 Å². The zero-order valence-electron chi connectivity index (χ0n) is 12.5. The second-order valence-electron chi connectivity index (χ2n) is 5.03. The first-order chi connectivity index (χ1) is 10.5. The van der Waals surface area contributed by atoms with E-state index in [1.54, 1.807) is 17.4 Å². The molecule has 0 radical (unpaired) electrons. The molecule has 2 aromatic heterocycles. The summed E-state index contributed by atoms with van der Waals surface area (Å²) in [5.74, 6) is 1.60. The van der Waals surface area contributed by atoms with Crippen molar-refractivity contribution in [3.8, 4) is 0 Å². The van der Waals surface area contributed by atoms with Gasteiger partial charge < -0.3 is 5.32 Å². The Morgan fingerprint density at radius 2 is 1.95 bits per heavy atom. The first-order valence-electron chi connectivity index (χ1n) is 6.99. The molecule has 0 amide bonds. The van der Waals surface area contributed by atoms with Crippen LogP contribution in [0.5, 0.6) is 0 Å². The summed E-state index contributed by atoms with van der Waals surface area (Å²) in [6, 6.07) is 5.52. The van der Waals surface area contributed by atoms with Crippen LogP contribution in [-0.2, 0) is 6.42 Å². The zero-order valence-corrected chi connectivity index (χ0v) is 14.8. The fourth-order valence-electron chi connectivity index (χ4n) is 2.27. The van der Waals surface area contributed by atoms with Crippen molar-refractivity contribution in [2.24, 2.45) is 0 Å². The topological polar surface area (TPSA) is 37.8 Å². The maximum Gasteiger partial charge on any atom is 0.143 e. The molecular formula is C16H15Cl2N3S. The number of aryl methyl sites for hydroxylation is 3. The van der Waals surface area contributed by atoms with Crippen LogP contribution < -0.4 is 5.32 Å². The molecule has 1 N–H and O–H groups in total. The molecule has 3 nitrogen and oxygen atoms in total. The third kappa shape index (κ3) is 2.67. The number of fused-ring (bicyclic) bond motifs is 1. The van der Waals surface area contributed by atoms with Crippen molar-refractivity contribution in [1.82, 2.24) is 9.97 Å². The van der Waals surface area contributed by atoms with Crippen LogP contribution >= 0.6 is 34.5 Å². The van der Waals surface area contributed by atoms with Gasteiger partial charge in [0.2, 0.25) is 0 Å². The van der Waals surface area contributed by atoms with Gasteiger partial charge >= 0.3 is 0 Å². The van der Waals surface area contributed by atoms with Crippen LogP contribution in [-0.4, -0.2) is 9.97 Å². The average Bonchev–Trinajstić information content (AvgIpc) is 2.79. The van der Waals surface area contributed by atoms with Gasteiger partial charge in [0.25, 0.3) is 0 Å². The molecule has 22 heavy (non-hydrogen) atoms. The van der Waals surface area contributed by atoms with Crippen molar-refractivity contribution in [1.29, 1.82) is 0 Å². The normalized spacial score (nSPS) is 11.1. The molecule has 1 aromatic carbocycles. The van der Waals surface area contributed by atoms with E-state index in [1.807, 2.05) is 19.1 Å². The van der Waals surface area contributed by atoms with Crippen molar-refractivity contribution in [3.05, 3.63) is 44.5 Å². The molecule has 0 saturated heterocycles. The molecule has 0 atom stereocenters. The molecule has 0 saturated carbocycles. The molecule has 6 heteroatoms. The summed E-state index contributed by atoms with van der Waals surface area (Å²) in [7, 11) is 0. The molecular weight excluding hydrogens is 337 g/mol. The third-order valence-corrected chi connectivity index (χ3v) is 5.52. The Hall–Kier alpha value is -1.36. The predicted molar refractivity (Wildman–Crippen MR) is 96.0 cm³/mol. The van der Waals surface area contributed by atoms with E-state index in [4.69, 9.17) is 23.2 Å². The minimum absolute atomic E-state index is 0.499. The van der Waals surface area contributed by atoms with Gasteiger partial charge in [-0.05, 0) is 31.5 Å². The summed E-state index contributed by atoms with van der Waals surface area (Å²) in [4.78, 5) is 11.5. The second kappa shape index (κ2) is 6.03.